The fourth-order valence-corrected chi connectivity index (χ4v) is 1.71. The second-order valence-corrected chi connectivity index (χ2v) is 4.34. The third-order valence-corrected chi connectivity index (χ3v) is 2.56. The Morgan fingerprint density at radius 3 is 3.06 bits per heavy atom. The van der Waals surface area contributed by atoms with Gasteiger partial charge in [0.05, 0.1) is 19.1 Å². The second kappa shape index (κ2) is 7.41. The number of carbonyl (C=O) groups excluding carboxylic acids is 1. The number of piperidine rings is 1. The van der Waals surface area contributed by atoms with E-state index in [4.69, 9.17) is 4.74 Å². The molecule has 0 aromatic carbocycles. The first-order valence-corrected chi connectivity index (χ1v) is 5.90. The van der Waals surface area contributed by atoms with E-state index in [0.29, 0.717) is 19.8 Å². The normalized spacial score (nSPS) is 20.4. The third kappa shape index (κ3) is 5.28. The van der Waals surface area contributed by atoms with Crippen LogP contribution in [-0.2, 0) is 9.53 Å². The summed E-state index contributed by atoms with van der Waals surface area (Å²) in [4.78, 5) is 11.7. The third-order valence-electron chi connectivity index (χ3n) is 2.56. The van der Waals surface area contributed by atoms with E-state index >= 15 is 0 Å². The quantitative estimate of drug-likeness (QED) is 0.517. The number of amides is 1. The maximum Gasteiger partial charge on any atom is 0.224 e. The molecule has 1 fully saturated rings. The van der Waals surface area contributed by atoms with E-state index in [-0.39, 0.29) is 11.8 Å². The summed E-state index contributed by atoms with van der Waals surface area (Å²) in [6.07, 6.45) is 2.08. The van der Waals surface area contributed by atoms with Crippen LogP contribution in [0.15, 0.2) is 12.2 Å². The van der Waals surface area contributed by atoms with Gasteiger partial charge in [0.15, 0.2) is 0 Å². The molecule has 0 unspecified atom stereocenters. The van der Waals surface area contributed by atoms with Gasteiger partial charge < -0.3 is 15.4 Å². The van der Waals surface area contributed by atoms with Gasteiger partial charge in [0.25, 0.3) is 0 Å². The molecule has 2 N–H and O–H groups in total. The molecule has 1 aliphatic rings. The summed E-state index contributed by atoms with van der Waals surface area (Å²) in [7, 11) is 0. The molecule has 1 aliphatic heterocycles. The minimum absolute atomic E-state index is 0.134. The molecule has 4 heteroatoms. The first kappa shape index (κ1) is 13.2. The van der Waals surface area contributed by atoms with Crippen LogP contribution in [-0.4, -0.2) is 38.8 Å². The summed E-state index contributed by atoms with van der Waals surface area (Å²) >= 11 is 0. The first-order valence-electron chi connectivity index (χ1n) is 5.90. The van der Waals surface area contributed by atoms with E-state index in [0.717, 1.165) is 31.5 Å². The highest BCUT2D eigenvalue weighted by Crippen LogP contribution is 2.09. The maximum absolute atomic E-state index is 11.7. The van der Waals surface area contributed by atoms with E-state index in [2.05, 4.69) is 17.2 Å². The summed E-state index contributed by atoms with van der Waals surface area (Å²) in [6, 6.07) is 0. The van der Waals surface area contributed by atoms with Crippen molar-refractivity contribution in [3.05, 3.63) is 12.2 Å². The topological polar surface area (TPSA) is 50.4 Å². The average molecular weight is 226 g/mol. The van der Waals surface area contributed by atoms with Crippen LogP contribution in [0.1, 0.15) is 19.8 Å². The van der Waals surface area contributed by atoms with Crippen molar-refractivity contribution >= 4 is 5.91 Å². The zero-order valence-corrected chi connectivity index (χ0v) is 10.1. The molecule has 16 heavy (non-hydrogen) atoms. The van der Waals surface area contributed by atoms with Gasteiger partial charge in [-0.2, -0.15) is 0 Å². The Hall–Kier alpha value is -0.870. The molecule has 0 radical (unpaired) electrons. The van der Waals surface area contributed by atoms with E-state index in [9.17, 15) is 4.79 Å². The highest BCUT2D eigenvalue weighted by atomic mass is 16.5. The Morgan fingerprint density at radius 1 is 1.62 bits per heavy atom. The lowest BCUT2D eigenvalue weighted by molar-refractivity contribution is -0.125. The van der Waals surface area contributed by atoms with E-state index in [1.54, 1.807) is 0 Å². The van der Waals surface area contributed by atoms with Crippen molar-refractivity contribution in [2.24, 2.45) is 5.92 Å². The molecule has 4 nitrogen and oxygen atoms in total. The van der Waals surface area contributed by atoms with Crippen molar-refractivity contribution in [2.75, 3.05) is 32.8 Å². The highest BCUT2D eigenvalue weighted by Gasteiger charge is 2.19. The van der Waals surface area contributed by atoms with Gasteiger partial charge >= 0.3 is 0 Å². The predicted octanol–water partition coefficient (Wildman–Crippen LogP) is 0.695. The lowest BCUT2D eigenvalue weighted by Crippen LogP contribution is -2.41. The minimum Gasteiger partial charge on any atom is -0.375 e. The van der Waals surface area contributed by atoms with Crippen molar-refractivity contribution < 1.29 is 9.53 Å². The van der Waals surface area contributed by atoms with Crippen LogP contribution >= 0.6 is 0 Å². The molecule has 0 saturated carbocycles. The van der Waals surface area contributed by atoms with Crippen LogP contribution in [0, 0.1) is 5.92 Å². The lowest BCUT2D eigenvalue weighted by Gasteiger charge is -2.21. The molecule has 0 aromatic heterocycles. The molecule has 0 bridgehead atoms. The van der Waals surface area contributed by atoms with Gasteiger partial charge in [0.2, 0.25) is 5.91 Å². The molecule has 1 rings (SSSR count). The smallest absolute Gasteiger partial charge is 0.224 e. The number of rotatable bonds is 6. The Balaban J connectivity index is 2.03. The van der Waals surface area contributed by atoms with Crippen molar-refractivity contribution in [3.8, 4) is 0 Å². The fraction of sp³-hybridized carbons (Fsp3) is 0.750. The van der Waals surface area contributed by atoms with Gasteiger partial charge in [0, 0.05) is 13.1 Å². The molecule has 0 aliphatic carbocycles. The maximum atomic E-state index is 11.7. The fourth-order valence-electron chi connectivity index (χ4n) is 1.71. The summed E-state index contributed by atoms with van der Waals surface area (Å²) in [5.74, 6) is 0.279. The lowest BCUT2D eigenvalue weighted by atomic mass is 9.99. The predicted molar refractivity (Wildman–Crippen MR) is 64.2 cm³/mol. The van der Waals surface area contributed by atoms with Crippen LogP contribution in [0.25, 0.3) is 0 Å². The monoisotopic (exact) mass is 226 g/mol. The van der Waals surface area contributed by atoms with Gasteiger partial charge in [-0.15, -0.1) is 0 Å². The Kier molecular flexibility index (Phi) is 6.11. The zero-order valence-electron chi connectivity index (χ0n) is 10.1. The van der Waals surface area contributed by atoms with Crippen molar-refractivity contribution in [1.29, 1.82) is 0 Å². The van der Waals surface area contributed by atoms with Crippen LogP contribution in [0.5, 0.6) is 0 Å². The van der Waals surface area contributed by atoms with Crippen LogP contribution in [0.3, 0.4) is 0 Å². The largest absolute Gasteiger partial charge is 0.375 e. The van der Waals surface area contributed by atoms with E-state index in [1.165, 1.54) is 0 Å². The first-order chi connectivity index (χ1) is 7.70. The van der Waals surface area contributed by atoms with Crippen molar-refractivity contribution in [2.45, 2.75) is 19.8 Å². The van der Waals surface area contributed by atoms with Gasteiger partial charge in [0.1, 0.15) is 0 Å². The molecular weight excluding hydrogens is 204 g/mol. The minimum atomic E-state index is 0.134. The van der Waals surface area contributed by atoms with Crippen LogP contribution in [0.4, 0.5) is 0 Å². The van der Waals surface area contributed by atoms with Crippen LogP contribution in [0.2, 0.25) is 0 Å². The summed E-state index contributed by atoms with van der Waals surface area (Å²) < 4.78 is 5.30. The molecule has 1 amide bonds. The number of hydrogen-bond donors (Lipinski definition) is 2. The molecule has 1 heterocycles. The molecule has 1 saturated heterocycles. The zero-order chi connectivity index (χ0) is 11.8. The molecule has 0 spiro atoms. The molecule has 0 aromatic rings. The van der Waals surface area contributed by atoms with E-state index < -0.39 is 0 Å². The van der Waals surface area contributed by atoms with E-state index in [1.807, 2.05) is 6.92 Å². The SMILES string of the molecule is C=C(C)COCCNC(=O)[C@@H]1CCCNC1. The van der Waals surface area contributed by atoms with Gasteiger partial charge in [-0.3, -0.25) is 4.79 Å². The molecular formula is C12H22N2O2. The number of ether oxygens (including phenoxy) is 1. The summed E-state index contributed by atoms with van der Waals surface area (Å²) in [6.45, 7) is 9.21. The average Bonchev–Trinajstić information content (AvgIpc) is 2.29. The van der Waals surface area contributed by atoms with Crippen molar-refractivity contribution in [3.63, 3.8) is 0 Å². The second-order valence-electron chi connectivity index (χ2n) is 4.34. The van der Waals surface area contributed by atoms with Crippen molar-refractivity contribution in [1.82, 2.24) is 10.6 Å². The Bertz CT molecular complexity index is 235. The van der Waals surface area contributed by atoms with Gasteiger partial charge in [-0.05, 0) is 26.3 Å². The standard InChI is InChI=1S/C12H22N2O2/c1-10(2)9-16-7-6-14-12(15)11-4-3-5-13-8-11/h11,13H,1,3-9H2,2H3,(H,14,15)/t11-/m1/s1. The number of hydrogen-bond acceptors (Lipinski definition) is 3. The number of carbonyl (C=O) groups is 1. The Labute approximate surface area is 97.4 Å². The van der Waals surface area contributed by atoms with Gasteiger partial charge in [-0.25, -0.2) is 0 Å². The van der Waals surface area contributed by atoms with Crippen LogP contribution < -0.4 is 10.6 Å². The highest BCUT2D eigenvalue weighted by molar-refractivity contribution is 5.78. The number of nitrogens with one attached hydrogen (secondary N) is 2. The summed E-state index contributed by atoms with van der Waals surface area (Å²) in [5.41, 5.74) is 1.00. The molecule has 1 atom stereocenters. The van der Waals surface area contributed by atoms with Gasteiger partial charge in [-0.1, -0.05) is 12.2 Å². The Morgan fingerprint density at radius 2 is 2.44 bits per heavy atom. The molecule has 92 valence electrons. The summed E-state index contributed by atoms with van der Waals surface area (Å²) in [5, 5.41) is 6.12.